The van der Waals surface area contributed by atoms with E-state index in [0.29, 0.717) is 0 Å². The first-order valence-corrected chi connectivity index (χ1v) is 3.55. The van der Waals surface area contributed by atoms with E-state index in [-0.39, 0.29) is 28.5 Å². The fourth-order valence-electron chi connectivity index (χ4n) is 0.725. The summed E-state index contributed by atoms with van der Waals surface area (Å²) in [6.07, 6.45) is -0.633. The van der Waals surface area contributed by atoms with Crippen molar-refractivity contribution in [1.82, 2.24) is 14.6 Å². The predicted octanol–water partition coefficient (Wildman–Crippen LogP) is 1.80. The number of imidazole rings is 1. The standard InChI is InChI=1S/C7H6BrN3/c1-5-4-6(8)7-9-2-3-11(7)10-5/h2-4H,1H3/i1D3,2D,3D,4D. The van der Waals surface area contributed by atoms with Crippen LogP contribution in [0.2, 0.25) is 0 Å². The first kappa shape index (κ1) is 2.86. The summed E-state index contributed by atoms with van der Waals surface area (Å²) in [5, 5.41) is 3.69. The zero-order chi connectivity index (χ0) is 13.0. The Bertz CT molecular complexity index is 604. The predicted molar refractivity (Wildman–Crippen MR) is 45.4 cm³/mol. The number of halogens is 1. The molecule has 2 rings (SSSR count). The lowest BCUT2D eigenvalue weighted by molar-refractivity contribution is 0.897. The number of aromatic nitrogens is 3. The smallest absolute Gasteiger partial charge is 0.167 e. The molecule has 0 aromatic carbocycles. The van der Waals surface area contributed by atoms with E-state index in [0.717, 1.165) is 4.52 Å². The van der Waals surface area contributed by atoms with E-state index in [9.17, 15) is 0 Å². The molecule has 0 fully saturated rings. The first-order chi connectivity index (χ1) is 7.73. The van der Waals surface area contributed by atoms with Gasteiger partial charge < -0.3 is 0 Å². The van der Waals surface area contributed by atoms with Gasteiger partial charge in [0.25, 0.3) is 0 Å². The van der Waals surface area contributed by atoms with Crippen LogP contribution in [0.4, 0.5) is 0 Å². The summed E-state index contributed by atoms with van der Waals surface area (Å²) < 4.78 is 45.4. The molecule has 0 amide bonds. The molecule has 11 heavy (non-hydrogen) atoms. The van der Waals surface area contributed by atoms with Gasteiger partial charge in [-0.05, 0) is 28.8 Å². The summed E-state index contributed by atoms with van der Waals surface area (Å²) in [7, 11) is 0. The maximum absolute atomic E-state index is 7.67. The van der Waals surface area contributed by atoms with E-state index >= 15 is 0 Å². The average Bonchev–Trinajstić information content (AvgIpc) is 2.48. The van der Waals surface area contributed by atoms with E-state index < -0.39 is 12.5 Å². The van der Waals surface area contributed by atoms with Gasteiger partial charge in [0.15, 0.2) is 5.65 Å². The van der Waals surface area contributed by atoms with Crippen LogP contribution in [-0.2, 0) is 0 Å². The summed E-state index contributed by atoms with van der Waals surface area (Å²) in [5.74, 6) is 0. The lowest BCUT2D eigenvalue weighted by Crippen LogP contribution is -1.93. The lowest BCUT2D eigenvalue weighted by atomic mass is 10.4. The highest BCUT2D eigenvalue weighted by molar-refractivity contribution is 9.10. The monoisotopic (exact) mass is 217 g/mol. The van der Waals surface area contributed by atoms with Crippen LogP contribution in [0.1, 0.15) is 13.9 Å². The second-order valence-electron chi connectivity index (χ2n) is 1.86. The van der Waals surface area contributed by atoms with Crippen molar-refractivity contribution >= 4 is 21.6 Å². The average molecular weight is 218 g/mol. The van der Waals surface area contributed by atoms with Crippen LogP contribution in [0, 0.1) is 6.85 Å². The van der Waals surface area contributed by atoms with Crippen molar-refractivity contribution in [2.45, 2.75) is 6.85 Å². The molecule has 2 heterocycles. The minimum atomic E-state index is -2.55. The zero-order valence-corrected chi connectivity index (χ0v) is 6.81. The maximum Gasteiger partial charge on any atom is 0.167 e. The van der Waals surface area contributed by atoms with Gasteiger partial charge >= 0.3 is 0 Å². The summed E-state index contributed by atoms with van der Waals surface area (Å²) in [6.45, 7) is -2.55. The van der Waals surface area contributed by atoms with Crippen LogP contribution < -0.4 is 0 Å². The summed E-state index contributed by atoms with van der Waals surface area (Å²) >= 11 is 3.04. The van der Waals surface area contributed by atoms with Crippen LogP contribution in [0.15, 0.2) is 22.9 Å². The molecule has 0 aliphatic heterocycles. The Kier molecular flexibility index (Phi) is 0.599. The second-order valence-corrected chi connectivity index (χ2v) is 2.65. The minimum Gasteiger partial charge on any atom is -0.235 e. The molecule has 0 bridgehead atoms. The Morgan fingerprint density at radius 1 is 1.82 bits per heavy atom. The summed E-state index contributed by atoms with van der Waals surface area (Å²) in [4.78, 5) is 3.73. The van der Waals surface area contributed by atoms with Crippen molar-refractivity contribution < 1.29 is 8.22 Å². The molecular weight excluding hydrogens is 206 g/mol. The van der Waals surface area contributed by atoms with Crippen molar-refractivity contribution in [3.8, 4) is 0 Å². The Labute approximate surface area is 80.6 Å². The maximum atomic E-state index is 7.67. The fourth-order valence-corrected chi connectivity index (χ4v) is 1.17. The molecule has 0 radical (unpaired) electrons. The molecule has 0 aliphatic rings. The molecule has 4 heteroatoms. The number of fused-ring (bicyclic) bond motifs is 1. The molecule has 0 saturated carbocycles. The third kappa shape index (κ3) is 1.03. The molecule has 2 aromatic heterocycles. The zero-order valence-electron chi connectivity index (χ0n) is 11.2. The SMILES string of the molecule is [2H]c1nc2c(Br)c([2H])c(C([2H])([2H])[2H])nn2c1[2H]. The van der Waals surface area contributed by atoms with Crippen LogP contribution in [-0.4, -0.2) is 14.6 Å². The van der Waals surface area contributed by atoms with Crippen LogP contribution >= 0.6 is 15.9 Å². The molecule has 0 atom stereocenters. The molecule has 0 unspecified atom stereocenters. The van der Waals surface area contributed by atoms with E-state index in [1.807, 2.05) is 0 Å². The van der Waals surface area contributed by atoms with Gasteiger partial charge in [0.05, 0.1) is 14.3 Å². The highest BCUT2D eigenvalue weighted by Crippen LogP contribution is 2.15. The van der Waals surface area contributed by atoms with Gasteiger partial charge in [-0.1, -0.05) is 0 Å². The summed E-state index contributed by atoms with van der Waals surface area (Å²) in [5.41, 5.74) is -0.333. The van der Waals surface area contributed by atoms with Crippen LogP contribution in [0.5, 0.6) is 0 Å². The fraction of sp³-hybridized carbons (Fsp3) is 0.143. The van der Waals surface area contributed by atoms with Gasteiger partial charge in [-0.3, -0.25) is 0 Å². The highest BCUT2D eigenvalue weighted by atomic mass is 79.9. The van der Waals surface area contributed by atoms with Crippen molar-refractivity contribution in [2.24, 2.45) is 0 Å². The first-order valence-electron chi connectivity index (χ1n) is 5.76. The largest absolute Gasteiger partial charge is 0.235 e. The minimum absolute atomic E-state index is 0.0954. The number of hydrogen-bond acceptors (Lipinski definition) is 2. The summed E-state index contributed by atoms with van der Waals surface area (Å²) in [6, 6.07) is -0.303. The topological polar surface area (TPSA) is 30.2 Å². The van der Waals surface area contributed by atoms with E-state index in [1.54, 1.807) is 0 Å². The Morgan fingerprint density at radius 3 is 3.55 bits per heavy atom. The number of rotatable bonds is 0. The van der Waals surface area contributed by atoms with Gasteiger partial charge in [0, 0.05) is 16.5 Å². The van der Waals surface area contributed by atoms with Crippen molar-refractivity contribution in [3.05, 3.63) is 28.6 Å². The van der Waals surface area contributed by atoms with Crippen molar-refractivity contribution in [2.75, 3.05) is 0 Å². The third-order valence-corrected chi connectivity index (χ3v) is 1.70. The lowest BCUT2D eigenvalue weighted by Gasteiger charge is -1.96. The molecular formula is C7H6BrN3. The van der Waals surface area contributed by atoms with Gasteiger partial charge in [0.1, 0.15) is 0 Å². The number of hydrogen-bond donors (Lipinski definition) is 0. The van der Waals surface area contributed by atoms with E-state index in [2.05, 4.69) is 26.0 Å². The normalized spacial score (nSPS) is 19.7. The Hall–Kier alpha value is -0.900. The quantitative estimate of drug-likeness (QED) is 0.674. The van der Waals surface area contributed by atoms with Crippen LogP contribution in [0.25, 0.3) is 5.65 Å². The third-order valence-electron chi connectivity index (χ3n) is 1.14. The molecule has 2 aromatic rings. The molecule has 0 aliphatic carbocycles. The molecule has 0 saturated heterocycles. The molecule has 56 valence electrons. The van der Waals surface area contributed by atoms with Gasteiger partial charge in [-0.25, -0.2) is 9.50 Å². The molecule has 0 N–H and O–H groups in total. The number of aryl methyl sites for hydroxylation is 1. The molecule has 0 spiro atoms. The number of nitrogens with zero attached hydrogens (tertiary/aromatic N) is 3. The van der Waals surface area contributed by atoms with Crippen molar-refractivity contribution in [1.29, 1.82) is 0 Å². The van der Waals surface area contributed by atoms with E-state index in [4.69, 9.17) is 8.22 Å². The van der Waals surface area contributed by atoms with Gasteiger partial charge in [0.2, 0.25) is 0 Å². The van der Waals surface area contributed by atoms with Gasteiger partial charge in [-0.15, -0.1) is 0 Å². The van der Waals surface area contributed by atoms with Crippen molar-refractivity contribution in [3.63, 3.8) is 0 Å². The van der Waals surface area contributed by atoms with Gasteiger partial charge in [-0.2, -0.15) is 5.10 Å². The van der Waals surface area contributed by atoms with Crippen LogP contribution in [0.3, 0.4) is 0 Å². The highest BCUT2D eigenvalue weighted by Gasteiger charge is 2.00. The second kappa shape index (κ2) is 2.30. The Morgan fingerprint density at radius 2 is 2.73 bits per heavy atom. The van der Waals surface area contributed by atoms with E-state index in [1.165, 1.54) is 0 Å². The molecule has 3 nitrogen and oxygen atoms in total. The Balaban J connectivity index is 2.90.